The molecule has 1 heterocycles. The van der Waals surface area contributed by atoms with Gasteiger partial charge in [-0.15, -0.1) is 0 Å². The highest BCUT2D eigenvalue weighted by Crippen LogP contribution is 2.40. The van der Waals surface area contributed by atoms with E-state index in [-0.39, 0.29) is 10.8 Å². The van der Waals surface area contributed by atoms with Crippen LogP contribution in [0.15, 0.2) is 24.5 Å². The smallest absolute Gasteiger partial charge is 0.0305 e. The van der Waals surface area contributed by atoms with Gasteiger partial charge >= 0.3 is 0 Å². The van der Waals surface area contributed by atoms with Crippen molar-refractivity contribution in [3.8, 4) is 0 Å². The first-order valence-corrected chi connectivity index (χ1v) is 4.76. The Kier molecular flexibility index (Phi) is 2.47. The van der Waals surface area contributed by atoms with Crippen molar-refractivity contribution in [2.45, 2.75) is 40.0 Å². The van der Waals surface area contributed by atoms with Crippen LogP contribution in [0.25, 0.3) is 0 Å². The summed E-state index contributed by atoms with van der Waals surface area (Å²) in [5, 5.41) is 0. The zero-order valence-corrected chi connectivity index (χ0v) is 9.26. The molecule has 72 valence electrons. The summed E-state index contributed by atoms with van der Waals surface area (Å²) in [5.41, 5.74) is 1.74. The molecule has 1 nitrogen and oxygen atoms in total. The first-order chi connectivity index (χ1) is 5.86. The molecule has 0 unspecified atom stereocenters. The predicted molar refractivity (Wildman–Crippen MR) is 56.7 cm³/mol. The van der Waals surface area contributed by atoms with Crippen molar-refractivity contribution in [3.63, 3.8) is 0 Å². The maximum atomic E-state index is 4.16. The summed E-state index contributed by atoms with van der Waals surface area (Å²) < 4.78 is 0. The van der Waals surface area contributed by atoms with Crippen molar-refractivity contribution in [1.29, 1.82) is 0 Å². The summed E-state index contributed by atoms with van der Waals surface area (Å²) >= 11 is 0. The van der Waals surface area contributed by atoms with E-state index in [0.29, 0.717) is 0 Å². The molecule has 0 N–H and O–H groups in total. The lowest BCUT2D eigenvalue weighted by atomic mass is 9.66. The van der Waals surface area contributed by atoms with Gasteiger partial charge < -0.3 is 0 Å². The Hall–Kier alpha value is -0.850. The fraction of sp³-hybridized carbons (Fsp3) is 0.583. The van der Waals surface area contributed by atoms with Crippen LogP contribution in [0.4, 0.5) is 0 Å². The maximum absolute atomic E-state index is 4.16. The number of nitrogens with zero attached hydrogens (tertiary/aromatic N) is 1. The lowest BCUT2D eigenvalue weighted by Crippen LogP contribution is -2.33. The summed E-state index contributed by atoms with van der Waals surface area (Å²) in [6.07, 6.45) is 3.79. The van der Waals surface area contributed by atoms with Crippen molar-refractivity contribution in [2.75, 3.05) is 0 Å². The molecular formula is C12H19N. The normalized spacial score (nSPS) is 13.0. The lowest BCUT2D eigenvalue weighted by Gasteiger charge is -2.39. The molecule has 0 saturated heterocycles. The monoisotopic (exact) mass is 177 g/mol. The van der Waals surface area contributed by atoms with Gasteiger partial charge in [-0.25, -0.2) is 0 Å². The molecule has 0 aliphatic heterocycles. The van der Waals surface area contributed by atoms with Crippen LogP contribution in [0.1, 0.15) is 40.2 Å². The van der Waals surface area contributed by atoms with Crippen LogP contribution in [-0.2, 0) is 5.41 Å². The number of hydrogen-bond acceptors (Lipinski definition) is 1. The van der Waals surface area contributed by atoms with E-state index >= 15 is 0 Å². The third kappa shape index (κ3) is 1.90. The van der Waals surface area contributed by atoms with Crippen LogP contribution < -0.4 is 0 Å². The van der Waals surface area contributed by atoms with E-state index < -0.39 is 0 Å². The lowest BCUT2D eigenvalue weighted by molar-refractivity contribution is 0.225. The molecule has 0 fully saturated rings. The average Bonchev–Trinajstić information content (AvgIpc) is 2.04. The minimum Gasteiger partial charge on any atom is -0.264 e. The van der Waals surface area contributed by atoms with Crippen molar-refractivity contribution in [1.82, 2.24) is 4.98 Å². The van der Waals surface area contributed by atoms with Gasteiger partial charge in [0.15, 0.2) is 0 Å². The van der Waals surface area contributed by atoms with Crippen LogP contribution in [0.3, 0.4) is 0 Å². The van der Waals surface area contributed by atoms with Gasteiger partial charge in [0.2, 0.25) is 0 Å². The molecule has 0 aliphatic rings. The Morgan fingerprint density at radius 1 is 1.08 bits per heavy atom. The second kappa shape index (κ2) is 3.13. The van der Waals surface area contributed by atoms with E-state index in [0.717, 1.165) is 0 Å². The third-order valence-corrected chi connectivity index (χ3v) is 3.26. The highest BCUT2D eigenvalue weighted by atomic mass is 14.6. The zero-order valence-electron chi connectivity index (χ0n) is 9.26. The van der Waals surface area contributed by atoms with Gasteiger partial charge in [0.1, 0.15) is 0 Å². The number of hydrogen-bond donors (Lipinski definition) is 0. The van der Waals surface area contributed by atoms with Crippen molar-refractivity contribution in [3.05, 3.63) is 30.1 Å². The van der Waals surface area contributed by atoms with E-state index in [1.807, 2.05) is 18.5 Å². The zero-order chi connectivity index (χ0) is 10.1. The van der Waals surface area contributed by atoms with E-state index in [1.54, 1.807) is 0 Å². The van der Waals surface area contributed by atoms with Gasteiger partial charge in [-0.05, 0) is 22.5 Å². The Morgan fingerprint density at radius 3 is 2.08 bits per heavy atom. The van der Waals surface area contributed by atoms with Gasteiger partial charge in [0, 0.05) is 12.4 Å². The minimum atomic E-state index is 0.168. The van der Waals surface area contributed by atoms with Gasteiger partial charge in [0.25, 0.3) is 0 Å². The number of aromatic nitrogens is 1. The van der Waals surface area contributed by atoms with E-state index in [9.17, 15) is 0 Å². The Labute approximate surface area is 81.2 Å². The Morgan fingerprint density at radius 2 is 1.69 bits per heavy atom. The highest BCUT2D eigenvalue weighted by Gasteiger charge is 2.34. The molecule has 0 aliphatic carbocycles. The molecule has 0 bridgehead atoms. The van der Waals surface area contributed by atoms with Gasteiger partial charge in [0.05, 0.1) is 0 Å². The predicted octanol–water partition coefficient (Wildman–Crippen LogP) is 3.41. The van der Waals surface area contributed by atoms with Crippen molar-refractivity contribution >= 4 is 0 Å². The second-order valence-electron chi connectivity index (χ2n) is 5.12. The standard InChI is InChI=1S/C12H19N/c1-11(2,3)12(4,5)10-7-6-8-13-9-10/h6-9H,1-5H3. The minimum absolute atomic E-state index is 0.168. The molecule has 1 heteroatoms. The van der Waals surface area contributed by atoms with Crippen molar-refractivity contribution in [2.24, 2.45) is 5.41 Å². The SMILES string of the molecule is CC(C)(C)C(C)(C)c1cccnc1. The number of pyridine rings is 1. The molecule has 1 rings (SSSR count). The molecule has 0 radical (unpaired) electrons. The summed E-state index contributed by atoms with van der Waals surface area (Å²) in [7, 11) is 0. The average molecular weight is 177 g/mol. The molecular weight excluding hydrogens is 158 g/mol. The van der Waals surface area contributed by atoms with Gasteiger partial charge in [-0.2, -0.15) is 0 Å². The maximum Gasteiger partial charge on any atom is 0.0305 e. The van der Waals surface area contributed by atoms with Gasteiger partial charge in [-0.1, -0.05) is 40.7 Å². The molecule has 1 aromatic rings. The molecule has 0 saturated carbocycles. The van der Waals surface area contributed by atoms with Crippen LogP contribution in [0.2, 0.25) is 0 Å². The Bertz CT molecular complexity index is 267. The molecule has 0 aromatic carbocycles. The van der Waals surface area contributed by atoms with E-state index in [4.69, 9.17) is 0 Å². The van der Waals surface area contributed by atoms with Crippen LogP contribution in [-0.4, -0.2) is 4.98 Å². The topological polar surface area (TPSA) is 12.9 Å². The fourth-order valence-electron chi connectivity index (χ4n) is 1.17. The second-order valence-corrected chi connectivity index (χ2v) is 5.12. The van der Waals surface area contributed by atoms with Crippen molar-refractivity contribution < 1.29 is 0 Å². The molecule has 0 amide bonds. The summed E-state index contributed by atoms with van der Waals surface area (Å²) in [6.45, 7) is 11.3. The summed E-state index contributed by atoms with van der Waals surface area (Å²) in [5.74, 6) is 0. The first kappa shape index (κ1) is 10.2. The first-order valence-electron chi connectivity index (χ1n) is 4.76. The van der Waals surface area contributed by atoms with Crippen LogP contribution in [0, 0.1) is 5.41 Å². The van der Waals surface area contributed by atoms with Gasteiger partial charge in [-0.3, -0.25) is 4.98 Å². The molecule has 0 atom stereocenters. The molecule has 1 aromatic heterocycles. The van der Waals surface area contributed by atoms with Crippen LogP contribution in [0.5, 0.6) is 0 Å². The summed E-state index contributed by atoms with van der Waals surface area (Å²) in [4.78, 5) is 4.16. The van der Waals surface area contributed by atoms with Crippen LogP contribution >= 0.6 is 0 Å². The number of rotatable bonds is 1. The largest absolute Gasteiger partial charge is 0.264 e. The van der Waals surface area contributed by atoms with E-state index in [1.165, 1.54) is 5.56 Å². The molecule has 0 spiro atoms. The summed E-state index contributed by atoms with van der Waals surface area (Å²) in [6, 6.07) is 4.15. The highest BCUT2D eigenvalue weighted by molar-refractivity contribution is 5.22. The quantitative estimate of drug-likeness (QED) is 0.640. The van der Waals surface area contributed by atoms with E-state index in [2.05, 4.69) is 45.7 Å². The molecule has 13 heavy (non-hydrogen) atoms. The fourth-order valence-corrected chi connectivity index (χ4v) is 1.17. The third-order valence-electron chi connectivity index (χ3n) is 3.26. The Balaban J connectivity index is 3.08.